The average Bonchev–Trinajstić information content (AvgIpc) is 2.54. The van der Waals surface area contributed by atoms with Crippen LogP contribution >= 0.6 is 11.3 Å². The number of hydrogen-bond donors (Lipinski definition) is 1. The van der Waals surface area contributed by atoms with Gasteiger partial charge < -0.3 is 5.73 Å². The molecule has 0 fully saturated rings. The number of nitrogens with zero attached hydrogens (tertiary/aromatic N) is 1. The molecule has 1 aromatic heterocycles. The van der Waals surface area contributed by atoms with Crippen LogP contribution in [0.1, 0.15) is 5.56 Å². The number of hydrogen-bond acceptors (Lipinski definition) is 4. The lowest BCUT2D eigenvalue weighted by Gasteiger charge is -1.88. The Labute approximate surface area is 84.6 Å². The Bertz CT molecular complexity index is 548. The SMILES string of the molecule is Nc1nc2ccc(C#CC=O)cc2s1. The number of carbonyl (C=O) groups excluding carboxylic acids is 1. The summed E-state index contributed by atoms with van der Waals surface area (Å²) in [5.74, 6) is 5.07. The second-order valence-electron chi connectivity index (χ2n) is 2.62. The van der Waals surface area contributed by atoms with Gasteiger partial charge in [0, 0.05) is 5.56 Å². The van der Waals surface area contributed by atoms with Crippen LogP contribution in [0.15, 0.2) is 18.2 Å². The van der Waals surface area contributed by atoms with Crippen LogP contribution in [0.25, 0.3) is 10.2 Å². The third-order valence-electron chi connectivity index (χ3n) is 1.68. The molecule has 0 bridgehead atoms. The van der Waals surface area contributed by atoms with Crippen LogP contribution in [0.5, 0.6) is 0 Å². The second-order valence-corrected chi connectivity index (χ2v) is 3.68. The topological polar surface area (TPSA) is 56.0 Å². The van der Waals surface area contributed by atoms with E-state index in [-0.39, 0.29) is 0 Å². The minimum absolute atomic E-state index is 0.542. The minimum Gasteiger partial charge on any atom is -0.375 e. The Morgan fingerprint density at radius 1 is 1.50 bits per heavy atom. The van der Waals surface area contributed by atoms with Crippen molar-refractivity contribution in [2.75, 3.05) is 5.73 Å². The fourth-order valence-electron chi connectivity index (χ4n) is 1.13. The van der Waals surface area contributed by atoms with Gasteiger partial charge in [0.25, 0.3) is 0 Å². The van der Waals surface area contributed by atoms with E-state index in [1.165, 1.54) is 11.3 Å². The normalized spacial score (nSPS) is 9.43. The van der Waals surface area contributed by atoms with Crippen LogP contribution in [0.3, 0.4) is 0 Å². The van der Waals surface area contributed by atoms with Crippen LogP contribution in [-0.2, 0) is 4.79 Å². The quantitative estimate of drug-likeness (QED) is 0.519. The predicted octanol–water partition coefficient (Wildman–Crippen LogP) is 1.43. The van der Waals surface area contributed by atoms with Gasteiger partial charge in [0.2, 0.25) is 0 Å². The Kier molecular flexibility index (Phi) is 2.17. The van der Waals surface area contributed by atoms with Crippen molar-refractivity contribution in [3.8, 4) is 11.8 Å². The van der Waals surface area contributed by atoms with Gasteiger partial charge in [-0.15, -0.1) is 0 Å². The molecular weight excluding hydrogens is 196 g/mol. The van der Waals surface area contributed by atoms with Crippen molar-refractivity contribution in [3.05, 3.63) is 23.8 Å². The van der Waals surface area contributed by atoms with E-state index in [0.29, 0.717) is 11.4 Å². The van der Waals surface area contributed by atoms with E-state index >= 15 is 0 Å². The van der Waals surface area contributed by atoms with Crippen LogP contribution in [0.2, 0.25) is 0 Å². The van der Waals surface area contributed by atoms with Gasteiger partial charge in [0.05, 0.1) is 10.2 Å². The van der Waals surface area contributed by atoms with E-state index in [9.17, 15) is 4.79 Å². The first-order chi connectivity index (χ1) is 6.79. The molecule has 1 aromatic carbocycles. The fourth-order valence-corrected chi connectivity index (χ4v) is 1.91. The highest BCUT2D eigenvalue weighted by molar-refractivity contribution is 7.22. The smallest absolute Gasteiger partial charge is 0.193 e. The molecule has 0 saturated heterocycles. The fraction of sp³-hybridized carbons (Fsp3) is 0. The van der Waals surface area contributed by atoms with Crippen LogP contribution in [0.4, 0.5) is 5.13 Å². The Morgan fingerprint density at radius 2 is 2.36 bits per heavy atom. The van der Waals surface area contributed by atoms with Gasteiger partial charge in [0.1, 0.15) is 0 Å². The van der Waals surface area contributed by atoms with E-state index in [2.05, 4.69) is 16.8 Å². The summed E-state index contributed by atoms with van der Waals surface area (Å²) in [7, 11) is 0. The molecule has 1 heterocycles. The highest BCUT2D eigenvalue weighted by Crippen LogP contribution is 2.24. The molecule has 0 aliphatic heterocycles. The Morgan fingerprint density at radius 3 is 3.14 bits per heavy atom. The molecule has 14 heavy (non-hydrogen) atoms. The summed E-state index contributed by atoms with van der Waals surface area (Å²) in [6.45, 7) is 0. The van der Waals surface area contributed by atoms with Crippen molar-refractivity contribution in [1.82, 2.24) is 4.98 Å². The molecule has 2 N–H and O–H groups in total. The van der Waals surface area contributed by atoms with Gasteiger partial charge in [-0.2, -0.15) is 0 Å². The summed E-state index contributed by atoms with van der Waals surface area (Å²) in [5, 5.41) is 0.542. The monoisotopic (exact) mass is 202 g/mol. The molecule has 0 radical (unpaired) electrons. The molecule has 0 aliphatic carbocycles. The molecule has 68 valence electrons. The van der Waals surface area contributed by atoms with Gasteiger partial charge in [-0.3, -0.25) is 4.79 Å². The maximum Gasteiger partial charge on any atom is 0.193 e. The number of nitrogens with two attached hydrogens (primary N) is 1. The number of anilines is 1. The summed E-state index contributed by atoms with van der Waals surface area (Å²) < 4.78 is 0.986. The van der Waals surface area contributed by atoms with E-state index in [1.807, 2.05) is 18.2 Å². The summed E-state index contributed by atoms with van der Waals surface area (Å²) in [6, 6.07) is 5.54. The summed E-state index contributed by atoms with van der Waals surface area (Å²) in [5.41, 5.74) is 7.22. The molecule has 0 unspecified atom stereocenters. The van der Waals surface area contributed by atoms with Crippen LogP contribution in [0, 0.1) is 11.8 Å². The number of rotatable bonds is 0. The average molecular weight is 202 g/mol. The molecule has 0 aliphatic rings. The lowest BCUT2D eigenvalue weighted by Crippen LogP contribution is -1.79. The molecular formula is C10H6N2OS. The Hall–Kier alpha value is -1.86. The van der Waals surface area contributed by atoms with Crippen LogP contribution in [-0.4, -0.2) is 11.3 Å². The van der Waals surface area contributed by atoms with Crippen LogP contribution < -0.4 is 5.73 Å². The number of nitrogen functional groups attached to an aromatic ring is 1. The number of thiazole rings is 1. The van der Waals surface area contributed by atoms with Crippen molar-refractivity contribution in [3.63, 3.8) is 0 Å². The first kappa shape index (κ1) is 8.73. The maximum atomic E-state index is 10.0. The molecule has 2 rings (SSSR count). The molecule has 0 amide bonds. The van der Waals surface area contributed by atoms with Crippen molar-refractivity contribution in [2.24, 2.45) is 0 Å². The lowest BCUT2D eigenvalue weighted by atomic mass is 10.2. The largest absolute Gasteiger partial charge is 0.375 e. The second kappa shape index (κ2) is 3.48. The lowest BCUT2D eigenvalue weighted by molar-refractivity contribution is -0.103. The first-order valence-electron chi connectivity index (χ1n) is 3.91. The van der Waals surface area contributed by atoms with E-state index in [4.69, 9.17) is 5.73 Å². The zero-order valence-electron chi connectivity index (χ0n) is 7.15. The highest BCUT2D eigenvalue weighted by atomic mass is 32.1. The number of benzene rings is 1. The van der Waals surface area contributed by atoms with Crippen molar-refractivity contribution in [1.29, 1.82) is 0 Å². The summed E-state index contributed by atoms with van der Waals surface area (Å²) >= 11 is 1.41. The van der Waals surface area contributed by atoms with E-state index in [0.717, 1.165) is 15.8 Å². The van der Waals surface area contributed by atoms with Gasteiger partial charge in [-0.25, -0.2) is 4.98 Å². The Balaban J connectivity index is 2.55. The number of fused-ring (bicyclic) bond motifs is 1. The van der Waals surface area contributed by atoms with Gasteiger partial charge in [0.15, 0.2) is 11.4 Å². The first-order valence-corrected chi connectivity index (χ1v) is 4.72. The molecule has 0 atom stereocenters. The van der Waals surface area contributed by atoms with Crippen molar-refractivity contribution in [2.45, 2.75) is 0 Å². The van der Waals surface area contributed by atoms with Gasteiger partial charge in [-0.05, 0) is 24.1 Å². The maximum absolute atomic E-state index is 10.0. The zero-order valence-corrected chi connectivity index (χ0v) is 7.97. The molecule has 3 nitrogen and oxygen atoms in total. The predicted molar refractivity (Wildman–Crippen MR) is 57.0 cm³/mol. The number of aromatic nitrogens is 1. The molecule has 0 saturated carbocycles. The van der Waals surface area contributed by atoms with E-state index in [1.54, 1.807) is 0 Å². The van der Waals surface area contributed by atoms with E-state index < -0.39 is 0 Å². The van der Waals surface area contributed by atoms with Gasteiger partial charge >= 0.3 is 0 Å². The molecule has 2 aromatic rings. The van der Waals surface area contributed by atoms with Gasteiger partial charge in [-0.1, -0.05) is 17.3 Å². The summed E-state index contributed by atoms with van der Waals surface area (Å²) in [4.78, 5) is 14.2. The third-order valence-corrected chi connectivity index (χ3v) is 2.53. The van der Waals surface area contributed by atoms with Crippen molar-refractivity contribution < 1.29 is 4.79 Å². The third kappa shape index (κ3) is 1.58. The number of carbonyl (C=O) groups is 1. The highest BCUT2D eigenvalue weighted by Gasteiger charge is 2.00. The number of aldehydes is 1. The molecule has 4 heteroatoms. The van der Waals surface area contributed by atoms with Crippen molar-refractivity contribution >= 4 is 33.0 Å². The minimum atomic E-state index is 0.542. The molecule has 0 spiro atoms. The summed E-state index contributed by atoms with van der Waals surface area (Å²) in [6.07, 6.45) is 0.575. The standard InChI is InChI=1S/C10H6N2OS/c11-10-12-8-4-3-7(2-1-5-13)6-9(8)14-10/h3-6H,(H2,11,12). The zero-order chi connectivity index (χ0) is 9.97.